The first-order valence-electron chi connectivity index (χ1n) is 8.91. The first-order valence-corrected chi connectivity index (χ1v) is 8.91. The van der Waals surface area contributed by atoms with E-state index in [-0.39, 0.29) is 29.6 Å². The minimum Gasteiger partial charge on any atom is -0.342 e. The minimum atomic E-state index is -0.739. The molecule has 28 heavy (non-hydrogen) atoms. The molecule has 0 atom stereocenters. The molecule has 10 heteroatoms. The number of piperidine rings is 1. The molecule has 0 saturated carbocycles. The van der Waals surface area contributed by atoms with Crippen molar-refractivity contribution in [2.45, 2.75) is 25.2 Å². The summed E-state index contributed by atoms with van der Waals surface area (Å²) in [5.74, 6) is -0.305. The van der Waals surface area contributed by atoms with Crippen molar-refractivity contribution in [2.24, 2.45) is 7.05 Å². The number of amides is 1. The van der Waals surface area contributed by atoms with Gasteiger partial charge in [-0.2, -0.15) is 10.1 Å². The highest BCUT2D eigenvalue weighted by atomic mass is 19.1. The van der Waals surface area contributed by atoms with Gasteiger partial charge in [0.05, 0.1) is 12.0 Å². The summed E-state index contributed by atoms with van der Waals surface area (Å²) in [7, 11) is 1.75. The van der Waals surface area contributed by atoms with Crippen molar-refractivity contribution in [1.82, 2.24) is 29.8 Å². The van der Waals surface area contributed by atoms with Gasteiger partial charge in [-0.15, -0.1) is 0 Å². The number of hydrogen-bond donors (Lipinski definition) is 0. The molecule has 8 nitrogen and oxygen atoms in total. The molecule has 0 radical (unpaired) electrons. The number of nitrogens with zero attached hydrogens (tertiary/aromatic N) is 6. The zero-order valence-corrected chi connectivity index (χ0v) is 15.2. The number of halogens is 2. The van der Waals surface area contributed by atoms with Gasteiger partial charge in [-0.3, -0.25) is 9.48 Å². The molecule has 1 amide bonds. The van der Waals surface area contributed by atoms with Gasteiger partial charge in [0.25, 0.3) is 0 Å². The Balaban J connectivity index is 1.38. The van der Waals surface area contributed by atoms with Crippen molar-refractivity contribution in [3.63, 3.8) is 0 Å². The van der Waals surface area contributed by atoms with Gasteiger partial charge < -0.3 is 9.42 Å². The Bertz CT molecular complexity index is 994. The predicted octanol–water partition coefficient (Wildman–Crippen LogP) is 2.09. The third-order valence-corrected chi connectivity index (χ3v) is 4.93. The van der Waals surface area contributed by atoms with E-state index in [2.05, 4.69) is 20.2 Å². The van der Waals surface area contributed by atoms with E-state index in [1.807, 2.05) is 0 Å². The van der Waals surface area contributed by atoms with Gasteiger partial charge in [-0.1, -0.05) is 5.16 Å². The van der Waals surface area contributed by atoms with Crippen molar-refractivity contribution in [2.75, 3.05) is 13.1 Å². The number of carbonyl (C=O) groups is 1. The van der Waals surface area contributed by atoms with Gasteiger partial charge in [0.2, 0.25) is 17.6 Å². The molecule has 1 aliphatic rings. The molecule has 0 spiro atoms. The molecule has 0 unspecified atom stereocenters. The molecule has 3 aromatic rings. The maximum atomic E-state index is 13.9. The fourth-order valence-corrected chi connectivity index (χ4v) is 3.28. The SMILES string of the molecule is Cn1ncnc1CC(=O)N1CCC(c2nc(-c3ccc(F)cc3F)no2)CC1. The van der Waals surface area contributed by atoms with Crippen LogP contribution in [0.25, 0.3) is 11.4 Å². The van der Waals surface area contributed by atoms with E-state index in [4.69, 9.17) is 4.52 Å². The number of carbonyl (C=O) groups excluding carboxylic acids is 1. The summed E-state index contributed by atoms with van der Waals surface area (Å²) < 4.78 is 33.8. The van der Waals surface area contributed by atoms with Crippen LogP contribution in [-0.2, 0) is 18.3 Å². The number of likely N-dealkylation sites (tertiary alicyclic amines) is 1. The van der Waals surface area contributed by atoms with Crippen molar-refractivity contribution < 1.29 is 18.1 Å². The molecule has 3 heterocycles. The van der Waals surface area contributed by atoms with Crippen LogP contribution in [0, 0.1) is 11.6 Å². The molecule has 4 rings (SSSR count). The van der Waals surface area contributed by atoms with Crippen LogP contribution in [0.3, 0.4) is 0 Å². The molecule has 0 bridgehead atoms. The van der Waals surface area contributed by atoms with Gasteiger partial charge in [0.1, 0.15) is 23.8 Å². The van der Waals surface area contributed by atoms with Crippen molar-refractivity contribution in [3.8, 4) is 11.4 Å². The maximum Gasteiger partial charge on any atom is 0.230 e. The number of benzene rings is 1. The molecule has 2 aromatic heterocycles. The van der Waals surface area contributed by atoms with Crippen molar-refractivity contribution in [1.29, 1.82) is 0 Å². The van der Waals surface area contributed by atoms with Crippen molar-refractivity contribution >= 4 is 5.91 Å². The fourth-order valence-electron chi connectivity index (χ4n) is 3.28. The number of hydrogen-bond acceptors (Lipinski definition) is 6. The molecule has 0 aliphatic carbocycles. The van der Waals surface area contributed by atoms with Gasteiger partial charge in [-0.25, -0.2) is 13.8 Å². The second kappa shape index (κ2) is 7.45. The summed E-state index contributed by atoms with van der Waals surface area (Å²) in [5.41, 5.74) is 0.0905. The van der Waals surface area contributed by atoms with Crippen LogP contribution >= 0.6 is 0 Å². The van der Waals surface area contributed by atoms with Crippen LogP contribution in [0.4, 0.5) is 8.78 Å². The van der Waals surface area contributed by atoms with Crippen LogP contribution < -0.4 is 0 Å². The highest BCUT2D eigenvalue weighted by Gasteiger charge is 2.28. The lowest BCUT2D eigenvalue weighted by Crippen LogP contribution is -2.39. The lowest BCUT2D eigenvalue weighted by atomic mass is 9.96. The zero-order chi connectivity index (χ0) is 19.7. The maximum absolute atomic E-state index is 13.9. The quantitative estimate of drug-likeness (QED) is 0.680. The van der Waals surface area contributed by atoms with E-state index in [0.29, 0.717) is 37.6 Å². The Morgan fingerprint density at radius 3 is 2.75 bits per heavy atom. The van der Waals surface area contributed by atoms with E-state index in [0.717, 1.165) is 12.1 Å². The minimum absolute atomic E-state index is 0.00542. The first-order chi connectivity index (χ1) is 13.5. The summed E-state index contributed by atoms with van der Waals surface area (Å²) in [4.78, 5) is 22.6. The van der Waals surface area contributed by atoms with Crippen LogP contribution in [-0.4, -0.2) is 48.8 Å². The average Bonchev–Trinajstić information content (AvgIpc) is 3.32. The number of rotatable bonds is 4. The van der Waals surface area contributed by atoms with Crippen LogP contribution in [0.2, 0.25) is 0 Å². The smallest absolute Gasteiger partial charge is 0.230 e. The van der Waals surface area contributed by atoms with Gasteiger partial charge >= 0.3 is 0 Å². The molecule has 1 fully saturated rings. The summed E-state index contributed by atoms with van der Waals surface area (Å²) in [6.07, 6.45) is 2.96. The molecular weight excluding hydrogens is 370 g/mol. The topological polar surface area (TPSA) is 89.9 Å². The Morgan fingerprint density at radius 2 is 2.07 bits per heavy atom. The Labute approximate surface area is 159 Å². The van der Waals surface area contributed by atoms with E-state index in [9.17, 15) is 13.6 Å². The Hall–Kier alpha value is -3.17. The van der Waals surface area contributed by atoms with E-state index < -0.39 is 11.6 Å². The normalized spacial score (nSPS) is 15.2. The van der Waals surface area contributed by atoms with Crippen LogP contribution in [0.1, 0.15) is 30.5 Å². The van der Waals surface area contributed by atoms with E-state index in [1.54, 1.807) is 16.6 Å². The predicted molar refractivity (Wildman–Crippen MR) is 92.9 cm³/mol. The van der Waals surface area contributed by atoms with Crippen LogP contribution in [0.5, 0.6) is 0 Å². The monoisotopic (exact) mass is 388 g/mol. The van der Waals surface area contributed by atoms with Gasteiger partial charge in [-0.05, 0) is 25.0 Å². The summed E-state index contributed by atoms with van der Waals surface area (Å²) in [5, 5.41) is 7.78. The van der Waals surface area contributed by atoms with Crippen molar-refractivity contribution in [3.05, 3.63) is 47.9 Å². The average molecular weight is 388 g/mol. The second-order valence-electron chi connectivity index (χ2n) is 6.71. The highest BCUT2D eigenvalue weighted by molar-refractivity contribution is 5.78. The summed E-state index contributed by atoms with van der Waals surface area (Å²) in [6, 6.07) is 3.22. The largest absolute Gasteiger partial charge is 0.342 e. The molecule has 0 N–H and O–H groups in total. The number of aryl methyl sites for hydroxylation is 1. The van der Waals surface area contributed by atoms with E-state index >= 15 is 0 Å². The molecule has 1 saturated heterocycles. The summed E-state index contributed by atoms with van der Waals surface area (Å²) in [6.45, 7) is 1.12. The lowest BCUT2D eigenvalue weighted by molar-refractivity contribution is -0.131. The Morgan fingerprint density at radius 1 is 1.29 bits per heavy atom. The van der Waals surface area contributed by atoms with Crippen LogP contribution in [0.15, 0.2) is 29.0 Å². The molecule has 1 aromatic carbocycles. The number of aromatic nitrogens is 5. The first kappa shape index (κ1) is 18.2. The highest BCUT2D eigenvalue weighted by Crippen LogP contribution is 2.29. The lowest BCUT2D eigenvalue weighted by Gasteiger charge is -2.30. The standard InChI is InChI=1S/C18H18F2N6O2/c1-25-15(21-10-22-25)9-16(27)26-6-4-11(5-7-26)18-23-17(24-28-18)13-3-2-12(19)8-14(13)20/h2-3,8,10-11H,4-7,9H2,1H3. The third-order valence-electron chi connectivity index (χ3n) is 4.93. The molecular formula is C18H18F2N6O2. The third kappa shape index (κ3) is 3.62. The zero-order valence-electron chi connectivity index (χ0n) is 15.2. The molecule has 146 valence electrons. The molecule has 1 aliphatic heterocycles. The Kier molecular flexibility index (Phi) is 4.84. The fraction of sp³-hybridized carbons (Fsp3) is 0.389. The second-order valence-corrected chi connectivity index (χ2v) is 6.71. The van der Waals surface area contributed by atoms with Gasteiger partial charge in [0, 0.05) is 32.1 Å². The van der Waals surface area contributed by atoms with Gasteiger partial charge in [0.15, 0.2) is 0 Å². The van der Waals surface area contributed by atoms with E-state index in [1.165, 1.54) is 12.4 Å². The summed E-state index contributed by atoms with van der Waals surface area (Å²) >= 11 is 0.